The second-order valence-electron chi connectivity index (χ2n) is 7.33. The molecular weight excluding hydrogens is 309 g/mol. The molecule has 5 rings (SSSR count). The molecule has 6 atom stereocenters. The van der Waals surface area contributed by atoms with Gasteiger partial charge in [0.1, 0.15) is 12.2 Å². The molecule has 2 aliphatic heterocycles. The van der Waals surface area contributed by atoms with E-state index < -0.39 is 6.10 Å². The van der Waals surface area contributed by atoms with Gasteiger partial charge in [0.05, 0.1) is 7.11 Å². The molecule has 1 fully saturated rings. The average molecular weight is 331 g/mol. The molecule has 0 radical (unpaired) electrons. The highest BCUT2D eigenvalue weighted by Gasteiger charge is 2.64. The van der Waals surface area contributed by atoms with Gasteiger partial charge in [-0.15, -0.1) is 9.24 Å². The zero-order valence-electron chi connectivity index (χ0n) is 13.5. The predicted octanol–water partition coefficient (Wildman–Crippen LogP) is 1.00. The van der Waals surface area contributed by atoms with Gasteiger partial charge in [0.25, 0.3) is 0 Å². The van der Waals surface area contributed by atoms with Gasteiger partial charge in [0.15, 0.2) is 11.5 Å². The number of likely N-dealkylation sites (tertiary alicyclic amines) is 1. The summed E-state index contributed by atoms with van der Waals surface area (Å²) in [6, 6.07) is 2.53. The Balaban J connectivity index is 1.85. The zero-order chi connectivity index (χ0) is 15.9. The van der Waals surface area contributed by atoms with E-state index in [1.807, 2.05) is 6.08 Å². The summed E-state index contributed by atoms with van der Waals surface area (Å²) in [5.74, 6) is 2.07. The second-order valence-corrected chi connectivity index (χ2v) is 7.95. The number of hydrogen-bond donors (Lipinski definition) is 1. The van der Waals surface area contributed by atoms with E-state index in [9.17, 15) is 5.11 Å². The summed E-state index contributed by atoms with van der Waals surface area (Å²) >= 11 is 0. The van der Waals surface area contributed by atoms with Crippen LogP contribution in [0.5, 0.6) is 11.5 Å². The Kier molecular flexibility index (Phi) is 2.79. The van der Waals surface area contributed by atoms with Gasteiger partial charge in [-0.3, -0.25) is 0 Å². The van der Waals surface area contributed by atoms with Gasteiger partial charge in [-0.05, 0) is 43.4 Å². The van der Waals surface area contributed by atoms with Crippen LogP contribution in [0.2, 0.25) is 0 Å². The maximum Gasteiger partial charge on any atom is 0.166 e. The van der Waals surface area contributed by atoms with Crippen LogP contribution in [0, 0.1) is 5.92 Å². The van der Waals surface area contributed by atoms with Crippen LogP contribution in [0.1, 0.15) is 17.5 Å². The molecule has 1 spiro atoms. The van der Waals surface area contributed by atoms with Crippen molar-refractivity contribution in [3.63, 3.8) is 0 Å². The van der Waals surface area contributed by atoms with Crippen molar-refractivity contribution < 1.29 is 14.6 Å². The number of aliphatic hydroxyl groups excluding tert-OH is 1. The number of nitrogens with zero attached hydrogens (tertiary/aromatic N) is 1. The Labute approximate surface area is 138 Å². The Morgan fingerprint density at radius 1 is 1.43 bits per heavy atom. The minimum absolute atomic E-state index is 0.103. The smallest absolute Gasteiger partial charge is 0.166 e. The monoisotopic (exact) mass is 331 g/mol. The first-order chi connectivity index (χ1) is 11.1. The Hall–Kier alpha value is -1.09. The molecule has 4 nitrogen and oxygen atoms in total. The second kappa shape index (κ2) is 4.50. The van der Waals surface area contributed by atoms with Gasteiger partial charge >= 0.3 is 0 Å². The van der Waals surface area contributed by atoms with E-state index in [-0.39, 0.29) is 11.5 Å². The van der Waals surface area contributed by atoms with Crippen molar-refractivity contribution in [2.24, 2.45) is 5.92 Å². The average Bonchev–Trinajstić information content (AvgIpc) is 2.89. The van der Waals surface area contributed by atoms with Gasteiger partial charge in [-0.1, -0.05) is 12.2 Å². The highest BCUT2D eigenvalue weighted by atomic mass is 31.0. The zero-order valence-corrected chi connectivity index (χ0v) is 14.6. The number of likely N-dealkylation sites (N-methyl/N-ethyl adjacent to an activating group) is 1. The molecule has 0 amide bonds. The highest BCUT2D eigenvalue weighted by molar-refractivity contribution is 7.27. The van der Waals surface area contributed by atoms with E-state index in [4.69, 9.17) is 9.47 Å². The van der Waals surface area contributed by atoms with Crippen LogP contribution in [0.3, 0.4) is 0 Å². The van der Waals surface area contributed by atoms with E-state index in [2.05, 4.69) is 33.3 Å². The van der Waals surface area contributed by atoms with Gasteiger partial charge < -0.3 is 19.5 Å². The molecule has 5 heteroatoms. The maximum absolute atomic E-state index is 10.6. The molecule has 1 N–H and O–H groups in total. The summed E-state index contributed by atoms with van der Waals surface area (Å²) < 4.78 is 11.9. The lowest BCUT2D eigenvalue weighted by molar-refractivity contribution is -0.0452. The number of rotatable bonds is 1. The van der Waals surface area contributed by atoms with Crippen LogP contribution in [0.4, 0.5) is 0 Å². The van der Waals surface area contributed by atoms with Crippen molar-refractivity contribution in [3.05, 3.63) is 29.3 Å². The predicted molar refractivity (Wildman–Crippen MR) is 91.8 cm³/mol. The SMILES string of the molecule is COc1cc(P)c2c3c1O[C@H]1[C@@H](O)C=C[C@H]4[C@@H](C2)N(C)CC[C@@]341. The fourth-order valence-corrected chi connectivity index (χ4v) is 5.90. The number of ether oxygens (including phenoxy) is 2. The third-order valence-electron chi connectivity index (χ3n) is 6.52. The molecule has 2 bridgehead atoms. The summed E-state index contributed by atoms with van der Waals surface area (Å²) in [5, 5.41) is 11.8. The Morgan fingerprint density at radius 2 is 2.26 bits per heavy atom. The summed E-state index contributed by atoms with van der Waals surface area (Å²) in [5.41, 5.74) is 2.59. The lowest BCUT2D eigenvalue weighted by Gasteiger charge is -2.56. The summed E-state index contributed by atoms with van der Waals surface area (Å²) in [7, 11) is 6.79. The molecule has 2 heterocycles. The Morgan fingerprint density at radius 3 is 3.04 bits per heavy atom. The molecular formula is C18H22NO3P. The third kappa shape index (κ3) is 1.53. The lowest BCUT2D eigenvalue weighted by Crippen LogP contribution is -2.65. The Bertz CT molecular complexity index is 733. The molecule has 1 aromatic rings. The molecule has 23 heavy (non-hydrogen) atoms. The fourth-order valence-electron chi connectivity index (χ4n) is 5.49. The van der Waals surface area contributed by atoms with Crippen LogP contribution in [0.15, 0.2) is 18.2 Å². The first-order valence-electron chi connectivity index (χ1n) is 8.31. The summed E-state index contributed by atoms with van der Waals surface area (Å²) in [6.45, 7) is 1.05. The van der Waals surface area contributed by atoms with Gasteiger partial charge in [-0.25, -0.2) is 0 Å². The largest absolute Gasteiger partial charge is 0.493 e. The van der Waals surface area contributed by atoms with Crippen molar-refractivity contribution in [1.82, 2.24) is 4.90 Å². The summed E-state index contributed by atoms with van der Waals surface area (Å²) in [4.78, 5) is 2.48. The minimum Gasteiger partial charge on any atom is -0.493 e. The molecule has 1 unspecified atom stereocenters. The quantitative estimate of drug-likeness (QED) is 0.616. The number of piperidine rings is 1. The van der Waals surface area contributed by atoms with E-state index in [1.165, 1.54) is 16.4 Å². The number of benzene rings is 1. The third-order valence-corrected chi connectivity index (χ3v) is 7.03. The van der Waals surface area contributed by atoms with Crippen molar-refractivity contribution >= 4 is 14.5 Å². The van der Waals surface area contributed by atoms with E-state index in [0.717, 1.165) is 30.9 Å². The van der Waals surface area contributed by atoms with Crippen LogP contribution in [0.25, 0.3) is 0 Å². The topological polar surface area (TPSA) is 41.9 Å². The van der Waals surface area contributed by atoms with Crippen molar-refractivity contribution in [2.45, 2.75) is 36.5 Å². The number of aliphatic hydroxyl groups is 1. The molecule has 122 valence electrons. The van der Waals surface area contributed by atoms with Gasteiger partial charge in [0, 0.05) is 22.9 Å². The number of hydrogen-bond acceptors (Lipinski definition) is 4. The molecule has 0 saturated carbocycles. The highest BCUT2D eigenvalue weighted by Crippen LogP contribution is 2.62. The van der Waals surface area contributed by atoms with Crippen LogP contribution in [-0.4, -0.2) is 49.0 Å². The van der Waals surface area contributed by atoms with Gasteiger partial charge in [-0.2, -0.15) is 0 Å². The molecule has 0 aromatic heterocycles. The first kappa shape index (κ1) is 14.3. The maximum atomic E-state index is 10.6. The van der Waals surface area contributed by atoms with Crippen molar-refractivity contribution in [3.8, 4) is 11.5 Å². The lowest BCUT2D eigenvalue weighted by atomic mass is 9.53. The minimum atomic E-state index is -0.550. The van der Waals surface area contributed by atoms with Crippen LogP contribution >= 0.6 is 9.24 Å². The molecule has 1 aromatic carbocycles. The normalized spacial score (nSPS) is 39.8. The number of methoxy groups -OCH3 is 1. The summed E-state index contributed by atoms with van der Waals surface area (Å²) in [6.07, 6.45) is 5.49. The molecule has 2 aliphatic carbocycles. The first-order valence-corrected chi connectivity index (χ1v) is 8.88. The molecule has 4 aliphatic rings. The van der Waals surface area contributed by atoms with Crippen LogP contribution in [-0.2, 0) is 11.8 Å². The van der Waals surface area contributed by atoms with Crippen LogP contribution < -0.4 is 14.8 Å². The molecule has 1 saturated heterocycles. The standard InChI is InChI=1S/C18H22NO3P/c1-19-6-5-18-10-3-4-12(20)17(18)22-16-13(21-2)8-14(23)9(15(16)18)7-11(10)19/h3-4,8,10-12,17,20H,5-7,23H2,1-2H3/t10-,11+,12-,17-,18-/m0/s1. The van der Waals surface area contributed by atoms with Crippen molar-refractivity contribution in [1.29, 1.82) is 0 Å². The van der Waals surface area contributed by atoms with E-state index >= 15 is 0 Å². The van der Waals surface area contributed by atoms with Crippen molar-refractivity contribution in [2.75, 3.05) is 20.7 Å². The van der Waals surface area contributed by atoms with Gasteiger partial charge in [0.2, 0.25) is 0 Å². The fraction of sp³-hybridized carbons (Fsp3) is 0.556. The van der Waals surface area contributed by atoms with E-state index in [0.29, 0.717) is 12.0 Å². The van der Waals surface area contributed by atoms with E-state index in [1.54, 1.807) is 7.11 Å².